The summed E-state index contributed by atoms with van der Waals surface area (Å²) in [6, 6.07) is 20.5. The Bertz CT molecular complexity index is 945. The number of rotatable bonds is 6. The van der Waals surface area contributed by atoms with Crippen molar-refractivity contribution < 1.29 is 4.79 Å². The lowest BCUT2D eigenvalue weighted by Gasteiger charge is -2.14. The smallest absolute Gasteiger partial charge is 0.207 e. The lowest BCUT2D eigenvalue weighted by molar-refractivity contribution is -0.110. The van der Waals surface area contributed by atoms with Crippen molar-refractivity contribution in [1.29, 1.82) is 0 Å². The van der Waals surface area contributed by atoms with Crippen LogP contribution < -0.4 is 5.32 Å². The summed E-state index contributed by atoms with van der Waals surface area (Å²) < 4.78 is 2.21. The number of carbonyl (C=O) groups is 1. The fourth-order valence-electron chi connectivity index (χ4n) is 3.82. The highest BCUT2D eigenvalue weighted by atomic mass is 16.1. The number of aromatic nitrogens is 2. The minimum absolute atomic E-state index is 0.105. The molecule has 4 rings (SSSR count). The van der Waals surface area contributed by atoms with Gasteiger partial charge < -0.3 is 5.32 Å². The molecule has 30 heavy (non-hydrogen) atoms. The van der Waals surface area contributed by atoms with Crippen molar-refractivity contribution >= 4 is 12.5 Å². The first-order valence-electron chi connectivity index (χ1n) is 10.7. The SMILES string of the molecule is C/C=C/c1nn(Cc2ccccc2)c2c1CCCC2.C[C@H](NC=O)c1ccccc1. The number of carbonyl (C=O) groups excluding carboxylic acids is 1. The minimum Gasteiger partial charge on any atom is -0.352 e. The number of nitrogens with one attached hydrogen (secondary N) is 1. The molecule has 1 atom stereocenters. The molecule has 1 aromatic heterocycles. The third-order valence-corrected chi connectivity index (χ3v) is 5.41. The first-order valence-corrected chi connectivity index (χ1v) is 10.7. The largest absolute Gasteiger partial charge is 0.352 e. The van der Waals surface area contributed by atoms with Gasteiger partial charge in [-0.2, -0.15) is 5.10 Å². The highest BCUT2D eigenvalue weighted by molar-refractivity contribution is 5.51. The molecule has 1 amide bonds. The molecule has 0 aliphatic heterocycles. The summed E-state index contributed by atoms with van der Waals surface area (Å²) >= 11 is 0. The Morgan fingerprint density at radius 2 is 1.70 bits per heavy atom. The van der Waals surface area contributed by atoms with Gasteiger partial charge in [0, 0.05) is 11.3 Å². The van der Waals surface area contributed by atoms with Gasteiger partial charge in [-0.3, -0.25) is 9.48 Å². The molecule has 1 heterocycles. The molecule has 0 radical (unpaired) electrons. The van der Waals surface area contributed by atoms with E-state index < -0.39 is 0 Å². The molecule has 156 valence electrons. The van der Waals surface area contributed by atoms with Crippen molar-refractivity contribution in [2.75, 3.05) is 0 Å². The number of nitrogens with zero attached hydrogens (tertiary/aromatic N) is 2. The van der Waals surface area contributed by atoms with Crippen LogP contribution in [-0.4, -0.2) is 16.2 Å². The van der Waals surface area contributed by atoms with Crippen LogP contribution in [-0.2, 0) is 24.2 Å². The van der Waals surface area contributed by atoms with Crippen molar-refractivity contribution in [3.63, 3.8) is 0 Å². The minimum atomic E-state index is 0.105. The highest BCUT2D eigenvalue weighted by Gasteiger charge is 2.19. The molecular weight excluding hydrogens is 370 g/mol. The van der Waals surface area contributed by atoms with E-state index in [0.717, 1.165) is 18.5 Å². The van der Waals surface area contributed by atoms with Crippen molar-refractivity contribution in [3.8, 4) is 0 Å². The maximum Gasteiger partial charge on any atom is 0.207 e. The summed E-state index contributed by atoms with van der Waals surface area (Å²) in [5.74, 6) is 0. The van der Waals surface area contributed by atoms with Crippen LogP contribution in [0.5, 0.6) is 0 Å². The highest BCUT2D eigenvalue weighted by Crippen LogP contribution is 2.26. The molecule has 2 aromatic carbocycles. The molecule has 1 N–H and O–H groups in total. The van der Waals surface area contributed by atoms with Gasteiger partial charge in [-0.15, -0.1) is 0 Å². The van der Waals surface area contributed by atoms with E-state index in [1.165, 1.54) is 48.2 Å². The standard InChI is InChI=1S/C17H20N2.C9H11NO/c1-2-8-16-15-11-6-7-12-17(15)19(18-16)13-14-9-4-3-5-10-14;1-8(10-7-11)9-5-3-2-4-6-9/h2-5,8-10H,6-7,11-13H2,1H3;2-8H,1H3,(H,10,11)/b8-2+;/t;8-/m.0/s1. The molecule has 0 bridgehead atoms. The zero-order valence-electron chi connectivity index (χ0n) is 17.9. The zero-order chi connectivity index (χ0) is 21.2. The molecule has 0 saturated carbocycles. The van der Waals surface area contributed by atoms with Crippen LogP contribution in [0.15, 0.2) is 66.7 Å². The Morgan fingerprint density at radius 1 is 1.03 bits per heavy atom. The maximum absolute atomic E-state index is 10.1. The summed E-state index contributed by atoms with van der Waals surface area (Å²) in [6.45, 7) is 4.90. The normalized spacial score (nSPS) is 13.8. The average Bonchev–Trinajstić information content (AvgIpc) is 3.13. The van der Waals surface area contributed by atoms with Gasteiger partial charge in [0.2, 0.25) is 6.41 Å². The summed E-state index contributed by atoms with van der Waals surface area (Å²) in [4.78, 5) is 10.1. The van der Waals surface area contributed by atoms with Gasteiger partial charge in [0.1, 0.15) is 0 Å². The average molecular weight is 402 g/mol. The predicted molar refractivity (Wildman–Crippen MR) is 123 cm³/mol. The molecule has 1 aliphatic rings. The van der Waals surface area contributed by atoms with Gasteiger partial charge >= 0.3 is 0 Å². The van der Waals surface area contributed by atoms with E-state index in [9.17, 15) is 4.79 Å². The van der Waals surface area contributed by atoms with E-state index in [1.807, 2.05) is 37.3 Å². The van der Waals surface area contributed by atoms with Crippen LogP contribution in [0, 0.1) is 0 Å². The van der Waals surface area contributed by atoms with E-state index in [2.05, 4.69) is 59.4 Å². The third-order valence-electron chi connectivity index (χ3n) is 5.41. The first kappa shape index (κ1) is 21.6. The van der Waals surface area contributed by atoms with Crippen molar-refractivity contribution in [1.82, 2.24) is 15.1 Å². The molecule has 4 heteroatoms. The first-order chi connectivity index (χ1) is 14.7. The Balaban J connectivity index is 0.000000199. The number of benzene rings is 2. The van der Waals surface area contributed by atoms with E-state index >= 15 is 0 Å². The topological polar surface area (TPSA) is 46.9 Å². The number of hydrogen-bond donors (Lipinski definition) is 1. The summed E-state index contributed by atoms with van der Waals surface area (Å²) in [6.07, 6.45) is 9.90. The second kappa shape index (κ2) is 11.1. The summed E-state index contributed by atoms with van der Waals surface area (Å²) in [5.41, 5.74) is 6.54. The molecule has 0 saturated heterocycles. The fourth-order valence-corrected chi connectivity index (χ4v) is 3.82. The molecule has 0 spiro atoms. The second-order valence-corrected chi connectivity index (χ2v) is 7.58. The summed E-state index contributed by atoms with van der Waals surface area (Å²) in [7, 11) is 0. The van der Waals surface area contributed by atoms with Gasteiger partial charge in [-0.25, -0.2) is 0 Å². The van der Waals surface area contributed by atoms with Gasteiger partial charge in [0.05, 0.1) is 18.3 Å². The Kier molecular flexibility index (Phi) is 8.02. The van der Waals surface area contributed by atoms with Crippen molar-refractivity contribution in [3.05, 3.63) is 94.8 Å². The maximum atomic E-state index is 10.1. The molecule has 0 fully saturated rings. The van der Waals surface area contributed by atoms with Crippen molar-refractivity contribution in [2.24, 2.45) is 0 Å². The molecule has 3 aromatic rings. The summed E-state index contributed by atoms with van der Waals surface area (Å²) in [5, 5.41) is 7.49. The Morgan fingerprint density at radius 3 is 2.37 bits per heavy atom. The third kappa shape index (κ3) is 5.69. The number of fused-ring (bicyclic) bond motifs is 1. The monoisotopic (exact) mass is 401 g/mol. The molecule has 0 unspecified atom stereocenters. The van der Waals surface area contributed by atoms with Gasteiger partial charge in [-0.05, 0) is 56.7 Å². The van der Waals surface area contributed by atoms with Crippen LogP contribution in [0.1, 0.15) is 60.8 Å². The van der Waals surface area contributed by atoms with Gasteiger partial charge in [-0.1, -0.05) is 66.7 Å². The molecule has 4 nitrogen and oxygen atoms in total. The van der Waals surface area contributed by atoms with Gasteiger partial charge in [0.25, 0.3) is 0 Å². The van der Waals surface area contributed by atoms with Crippen LogP contribution >= 0.6 is 0 Å². The van der Waals surface area contributed by atoms with E-state index in [1.54, 1.807) is 0 Å². The number of hydrogen-bond acceptors (Lipinski definition) is 2. The van der Waals surface area contributed by atoms with Crippen LogP contribution in [0.25, 0.3) is 6.08 Å². The molecular formula is C26H31N3O. The Hall–Kier alpha value is -3.14. The lowest BCUT2D eigenvalue weighted by atomic mass is 9.95. The quantitative estimate of drug-likeness (QED) is 0.567. The fraction of sp³-hybridized carbons (Fsp3) is 0.308. The van der Waals surface area contributed by atoms with Crippen molar-refractivity contribution in [2.45, 2.75) is 52.1 Å². The zero-order valence-corrected chi connectivity index (χ0v) is 17.9. The molecule has 1 aliphatic carbocycles. The van der Waals surface area contributed by atoms with Crippen LogP contribution in [0.3, 0.4) is 0 Å². The van der Waals surface area contributed by atoms with Gasteiger partial charge in [0.15, 0.2) is 0 Å². The van der Waals surface area contributed by atoms with Crippen LogP contribution in [0.4, 0.5) is 0 Å². The second-order valence-electron chi connectivity index (χ2n) is 7.58. The lowest BCUT2D eigenvalue weighted by Crippen LogP contribution is -2.15. The predicted octanol–water partition coefficient (Wildman–Crippen LogP) is 5.34. The Labute approximate surface area is 179 Å². The van der Waals surface area contributed by atoms with E-state index in [4.69, 9.17) is 5.10 Å². The van der Waals surface area contributed by atoms with E-state index in [-0.39, 0.29) is 6.04 Å². The van der Waals surface area contributed by atoms with E-state index in [0.29, 0.717) is 0 Å². The van der Waals surface area contributed by atoms with Crippen LogP contribution in [0.2, 0.25) is 0 Å². The number of allylic oxidation sites excluding steroid dienone is 1. The number of amides is 1.